The van der Waals surface area contributed by atoms with E-state index in [1.54, 1.807) is 0 Å². The molecule has 0 saturated heterocycles. The highest BCUT2D eigenvalue weighted by molar-refractivity contribution is 5.71. The Balaban J connectivity index is 3.40. The van der Waals surface area contributed by atoms with Crippen LogP contribution in [-0.2, 0) is 11.2 Å². The molecule has 0 saturated carbocycles. The smallest absolute Gasteiger partial charge is 0.307 e. The van der Waals surface area contributed by atoms with Crippen molar-refractivity contribution >= 4 is 5.97 Å². The number of nitriles is 1. The van der Waals surface area contributed by atoms with Crippen molar-refractivity contribution in [3.63, 3.8) is 0 Å². The highest BCUT2D eigenvalue weighted by Crippen LogP contribution is 2.25. The molecule has 0 atom stereocenters. The average molecular weight is 230 g/mol. The van der Waals surface area contributed by atoms with E-state index in [1.165, 1.54) is 6.07 Å². The molecule has 0 amide bonds. The minimum absolute atomic E-state index is 0.434. The van der Waals surface area contributed by atoms with Gasteiger partial charge in [0.2, 0.25) is 5.95 Å². The molecule has 0 radical (unpaired) electrons. The van der Waals surface area contributed by atoms with Gasteiger partial charge in [-0.25, -0.2) is 13.8 Å². The number of rotatable bonds is 3. The van der Waals surface area contributed by atoms with Gasteiger partial charge in [0.25, 0.3) is 6.43 Å². The van der Waals surface area contributed by atoms with E-state index in [2.05, 4.69) is 4.98 Å². The van der Waals surface area contributed by atoms with Crippen molar-refractivity contribution in [3.05, 3.63) is 28.8 Å². The van der Waals surface area contributed by atoms with E-state index in [0.29, 0.717) is 6.07 Å². The second-order valence-electron chi connectivity index (χ2n) is 2.84. The fourth-order valence-corrected chi connectivity index (χ4v) is 1.18. The fraction of sp³-hybridized carbons (Fsp3) is 0.222. The largest absolute Gasteiger partial charge is 0.481 e. The van der Waals surface area contributed by atoms with Gasteiger partial charge < -0.3 is 5.11 Å². The summed E-state index contributed by atoms with van der Waals surface area (Å²) in [4.78, 5) is 13.5. The molecule has 0 unspecified atom stereocenters. The minimum atomic E-state index is -3.06. The lowest BCUT2D eigenvalue weighted by molar-refractivity contribution is -0.136. The second kappa shape index (κ2) is 4.61. The fourth-order valence-electron chi connectivity index (χ4n) is 1.18. The first-order chi connectivity index (χ1) is 7.45. The highest BCUT2D eigenvalue weighted by atomic mass is 19.3. The van der Waals surface area contributed by atoms with E-state index >= 15 is 0 Å². The van der Waals surface area contributed by atoms with Gasteiger partial charge in [0.05, 0.1) is 6.42 Å². The van der Waals surface area contributed by atoms with Gasteiger partial charge in [0.15, 0.2) is 0 Å². The Labute approximate surface area is 88.0 Å². The molecule has 0 spiro atoms. The van der Waals surface area contributed by atoms with Gasteiger partial charge >= 0.3 is 5.97 Å². The van der Waals surface area contributed by atoms with Crippen LogP contribution in [0.5, 0.6) is 0 Å². The van der Waals surface area contributed by atoms with Crippen molar-refractivity contribution in [1.29, 1.82) is 5.26 Å². The van der Waals surface area contributed by atoms with Crippen molar-refractivity contribution in [1.82, 2.24) is 4.98 Å². The second-order valence-corrected chi connectivity index (χ2v) is 2.84. The van der Waals surface area contributed by atoms with E-state index in [-0.39, 0.29) is 0 Å². The summed E-state index contributed by atoms with van der Waals surface area (Å²) in [5.41, 5.74) is -1.89. The Bertz CT molecular complexity index is 469. The molecule has 0 aromatic carbocycles. The van der Waals surface area contributed by atoms with Gasteiger partial charge in [-0.15, -0.1) is 0 Å². The molecule has 0 fully saturated rings. The molecular formula is C9H5F3N2O2. The molecule has 16 heavy (non-hydrogen) atoms. The third-order valence-electron chi connectivity index (χ3n) is 1.80. The van der Waals surface area contributed by atoms with Crippen LogP contribution in [-0.4, -0.2) is 16.1 Å². The molecule has 4 nitrogen and oxygen atoms in total. The maximum Gasteiger partial charge on any atom is 0.307 e. The molecule has 0 aliphatic rings. The molecule has 1 N–H and O–H groups in total. The topological polar surface area (TPSA) is 74.0 Å². The van der Waals surface area contributed by atoms with Crippen LogP contribution in [0.4, 0.5) is 13.2 Å². The van der Waals surface area contributed by atoms with Gasteiger partial charge in [-0.1, -0.05) is 0 Å². The van der Waals surface area contributed by atoms with Crippen LogP contribution in [0.3, 0.4) is 0 Å². The predicted molar refractivity (Wildman–Crippen MR) is 45.2 cm³/mol. The SMILES string of the molecule is N#Cc1nc(F)cc(C(F)F)c1CC(=O)O. The summed E-state index contributed by atoms with van der Waals surface area (Å²) in [5.74, 6) is -2.63. The summed E-state index contributed by atoms with van der Waals surface area (Å²) in [6.45, 7) is 0. The molecule has 1 rings (SSSR count). The summed E-state index contributed by atoms with van der Waals surface area (Å²) >= 11 is 0. The zero-order valence-electron chi connectivity index (χ0n) is 7.75. The highest BCUT2D eigenvalue weighted by Gasteiger charge is 2.21. The van der Waals surface area contributed by atoms with Crippen LogP contribution >= 0.6 is 0 Å². The average Bonchev–Trinajstić information content (AvgIpc) is 2.19. The molecule has 0 aliphatic carbocycles. The van der Waals surface area contributed by atoms with Crippen LogP contribution < -0.4 is 0 Å². The number of hydrogen-bond donors (Lipinski definition) is 1. The standard InChI is InChI=1S/C9H5F3N2O2/c10-7-1-5(9(11)12)4(2-8(15)16)6(3-13)14-7/h1,9H,2H2,(H,15,16). The van der Waals surface area contributed by atoms with E-state index in [9.17, 15) is 18.0 Å². The van der Waals surface area contributed by atoms with Gasteiger partial charge in [0.1, 0.15) is 11.8 Å². The number of carbonyl (C=O) groups is 1. The molecule has 84 valence electrons. The molecular weight excluding hydrogens is 225 g/mol. The third-order valence-corrected chi connectivity index (χ3v) is 1.80. The summed E-state index contributed by atoms with van der Waals surface area (Å²) in [5, 5.41) is 17.0. The lowest BCUT2D eigenvalue weighted by Gasteiger charge is -2.08. The number of halogens is 3. The van der Waals surface area contributed by atoms with Gasteiger partial charge in [-0.3, -0.25) is 4.79 Å². The maximum atomic E-state index is 12.7. The van der Waals surface area contributed by atoms with Gasteiger partial charge in [-0.2, -0.15) is 9.65 Å². The van der Waals surface area contributed by atoms with E-state index < -0.39 is 41.6 Å². The zero-order valence-corrected chi connectivity index (χ0v) is 7.75. The van der Waals surface area contributed by atoms with Gasteiger partial charge in [-0.05, 0) is 0 Å². The normalized spacial score (nSPS) is 10.2. The monoisotopic (exact) mass is 230 g/mol. The number of carboxylic acid groups (broad SMARTS) is 1. The molecule has 0 bridgehead atoms. The van der Waals surface area contributed by atoms with Crippen LogP contribution in [0.15, 0.2) is 6.07 Å². The predicted octanol–water partition coefficient (Wildman–Crippen LogP) is 1.66. The van der Waals surface area contributed by atoms with Crippen molar-refractivity contribution in [3.8, 4) is 6.07 Å². The Morgan fingerprint density at radius 2 is 2.25 bits per heavy atom. The molecule has 0 aliphatic heterocycles. The zero-order chi connectivity index (χ0) is 12.3. The quantitative estimate of drug-likeness (QED) is 0.801. The number of pyridine rings is 1. The molecule has 1 aromatic rings. The number of carboxylic acids is 1. The van der Waals surface area contributed by atoms with Crippen molar-refractivity contribution in [2.75, 3.05) is 0 Å². The summed E-state index contributed by atoms with van der Waals surface area (Å²) in [7, 11) is 0. The first kappa shape index (κ1) is 12.0. The van der Waals surface area contributed by atoms with Crippen LogP contribution in [0.1, 0.15) is 23.2 Å². The first-order valence-electron chi connectivity index (χ1n) is 4.05. The Hall–Kier alpha value is -2.10. The van der Waals surface area contributed by atoms with Gasteiger partial charge in [0, 0.05) is 17.2 Å². The van der Waals surface area contributed by atoms with Crippen LogP contribution in [0.25, 0.3) is 0 Å². The number of hydrogen-bond acceptors (Lipinski definition) is 3. The Morgan fingerprint density at radius 3 is 2.69 bits per heavy atom. The Morgan fingerprint density at radius 1 is 1.62 bits per heavy atom. The van der Waals surface area contributed by atoms with E-state index in [0.717, 1.165) is 0 Å². The lowest BCUT2D eigenvalue weighted by Crippen LogP contribution is -2.09. The number of aromatic nitrogens is 1. The molecule has 1 heterocycles. The minimum Gasteiger partial charge on any atom is -0.481 e. The summed E-state index contributed by atoms with van der Waals surface area (Å²) < 4.78 is 37.7. The molecule has 7 heteroatoms. The van der Waals surface area contributed by atoms with E-state index in [1.807, 2.05) is 0 Å². The Kier molecular flexibility index (Phi) is 3.45. The van der Waals surface area contributed by atoms with Crippen molar-refractivity contribution < 1.29 is 23.1 Å². The number of nitrogens with zero attached hydrogens (tertiary/aromatic N) is 2. The van der Waals surface area contributed by atoms with E-state index in [4.69, 9.17) is 10.4 Å². The number of alkyl halides is 2. The van der Waals surface area contributed by atoms with Crippen molar-refractivity contribution in [2.24, 2.45) is 0 Å². The first-order valence-corrected chi connectivity index (χ1v) is 4.05. The summed E-state index contributed by atoms with van der Waals surface area (Å²) in [6.07, 6.45) is -3.85. The number of aliphatic carboxylic acids is 1. The molecule has 1 aromatic heterocycles. The van der Waals surface area contributed by atoms with Crippen LogP contribution in [0.2, 0.25) is 0 Å². The lowest BCUT2D eigenvalue weighted by atomic mass is 10.0. The third kappa shape index (κ3) is 2.48. The van der Waals surface area contributed by atoms with Crippen molar-refractivity contribution in [2.45, 2.75) is 12.8 Å². The van der Waals surface area contributed by atoms with Crippen LogP contribution in [0, 0.1) is 17.3 Å². The summed E-state index contributed by atoms with van der Waals surface area (Å²) in [6, 6.07) is 1.82. The maximum absolute atomic E-state index is 12.7.